The van der Waals surface area contributed by atoms with Gasteiger partial charge in [-0.2, -0.15) is 0 Å². The van der Waals surface area contributed by atoms with Gasteiger partial charge in [-0.25, -0.2) is 4.98 Å². The second-order valence-electron chi connectivity index (χ2n) is 4.88. The van der Waals surface area contributed by atoms with Gasteiger partial charge >= 0.3 is 0 Å². The van der Waals surface area contributed by atoms with E-state index in [-0.39, 0.29) is 0 Å². The molecule has 0 amide bonds. The highest BCUT2D eigenvalue weighted by Gasteiger charge is 2.03. The summed E-state index contributed by atoms with van der Waals surface area (Å²) >= 11 is 5.30. The van der Waals surface area contributed by atoms with Crippen LogP contribution in [0.25, 0.3) is 11.0 Å². The Balaban J connectivity index is 1.60. The van der Waals surface area contributed by atoms with Crippen LogP contribution in [-0.2, 0) is 6.54 Å². The van der Waals surface area contributed by atoms with Gasteiger partial charge in [-0.1, -0.05) is 24.3 Å². The van der Waals surface area contributed by atoms with E-state index in [9.17, 15) is 0 Å². The number of thiocarbonyl (C=S) groups is 1. The third kappa shape index (κ3) is 3.38. The van der Waals surface area contributed by atoms with Gasteiger partial charge in [-0.15, -0.1) is 0 Å². The molecule has 0 radical (unpaired) electrons. The standard InChI is InChI=1S/C16H16N4S/c1-11-5-4-6-12(9-11)18-16(21)17-10-15-19-13-7-2-3-8-14(13)20-15/h2-9H,10H2,1H3,(H,19,20)(H2,17,18,21). The highest BCUT2D eigenvalue weighted by molar-refractivity contribution is 7.80. The number of fused-ring (bicyclic) bond motifs is 1. The van der Waals surface area contributed by atoms with Crippen LogP contribution in [0.15, 0.2) is 48.5 Å². The van der Waals surface area contributed by atoms with Gasteiger partial charge in [0.2, 0.25) is 0 Å². The number of H-pyrrole nitrogens is 1. The second kappa shape index (κ2) is 5.93. The number of aromatic amines is 1. The number of aryl methyl sites for hydroxylation is 1. The Bertz CT molecular complexity index is 746. The number of anilines is 1. The maximum absolute atomic E-state index is 5.30. The van der Waals surface area contributed by atoms with E-state index in [1.165, 1.54) is 5.56 Å². The summed E-state index contributed by atoms with van der Waals surface area (Å²) in [5, 5.41) is 6.90. The van der Waals surface area contributed by atoms with Crippen LogP contribution < -0.4 is 10.6 Å². The molecule has 0 aliphatic carbocycles. The maximum Gasteiger partial charge on any atom is 0.171 e. The summed E-state index contributed by atoms with van der Waals surface area (Å²) in [6.07, 6.45) is 0. The first kappa shape index (κ1) is 13.6. The fourth-order valence-corrected chi connectivity index (χ4v) is 2.34. The van der Waals surface area contributed by atoms with Gasteiger partial charge in [0, 0.05) is 5.69 Å². The van der Waals surface area contributed by atoms with Crippen LogP contribution >= 0.6 is 12.2 Å². The number of nitrogens with one attached hydrogen (secondary N) is 3. The van der Waals surface area contributed by atoms with Crippen LogP contribution in [0.5, 0.6) is 0 Å². The number of para-hydroxylation sites is 2. The third-order valence-corrected chi connectivity index (χ3v) is 3.38. The number of aromatic nitrogens is 2. The molecule has 0 unspecified atom stereocenters. The highest BCUT2D eigenvalue weighted by atomic mass is 32.1. The molecule has 4 nitrogen and oxygen atoms in total. The predicted octanol–water partition coefficient (Wildman–Crippen LogP) is 3.36. The summed E-state index contributed by atoms with van der Waals surface area (Å²) in [7, 11) is 0. The van der Waals surface area contributed by atoms with E-state index in [2.05, 4.69) is 39.7 Å². The van der Waals surface area contributed by atoms with E-state index in [1.807, 2.05) is 36.4 Å². The lowest BCUT2D eigenvalue weighted by Gasteiger charge is -2.09. The average Bonchev–Trinajstić information content (AvgIpc) is 2.88. The van der Waals surface area contributed by atoms with E-state index in [1.54, 1.807) is 0 Å². The largest absolute Gasteiger partial charge is 0.355 e. The minimum atomic E-state index is 0.562. The van der Waals surface area contributed by atoms with Crippen LogP contribution in [0, 0.1) is 6.92 Å². The second-order valence-corrected chi connectivity index (χ2v) is 5.29. The van der Waals surface area contributed by atoms with Gasteiger partial charge in [0.25, 0.3) is 0 Å². The van der Waals surface area contributed by atoms with Gasteiger partial charge < -0.3 is 15.6 Å². The zero-order chi connectivity index (χ0) is 14.7. The topological polar surface area (TPSA) is 52.7 Å². The molecule has 5 heteroatoms. The quantitative estimate of drug-likeness (QED) is 0.649. The number of hydrogen-bond acceptors (Lipinski definition) is 2. The summed E-state index contributed by atoms with van der Waals surface area (Å²) in [5.74, 6) is 0.865. The first-order valence-corrected chi connectivity index (χ1v) is 7.17. The average molecular weight is 296 g/mol. The lowest BCUT2D eigenvalue weighted by atomic mass is 10.2. The molecule has 1 heterocycles. The molecule has 3 aromatic rings. The van der Waals surface area contributed by atoms with Crippen molar-refractivity contribution in [1.82, 2.24) is 15.3 Å². The van der Waals surface area contributed by atoms with Crippen LogP contribution in [-0.4, -0.2) is 15.1 Å². The Labute approximate surface area is 128 Å². The van der Waals surface area contributed by atoms with Crippen molar-refractivity contribution in [3.8, 4) is 0 Å². The normalized spacial score (nSPS) is 10.5. The van der Waals surface area contributed by atoms with Gasteiger partial charge in [0.15, 0.2) is 5.11 Å². The Kier molecular flexibility index (Phi) is 3.83. The summed E-state index contributed by atoms with van der Waals surface area (Å²) < 4.78 is 0. The summed E-state index contributed by atoms with van der Waals surface area (Å²) in [6, 6.07) is 16.0. The van der Waals surface area contributed by atoms with E-state index >= 15 is 0 Å². The first-order chi connectivity index (χ1) is 10.2. The summed E-state index contributed by atoms with van der Waals surface area (Å²) in [4.78, 5) is 7.76. The monoisotopic (exact) mass is 296 g/mol. The smallest absolute Gasteiger partial charge is 0.171 e. The van der Waals surface area contributed by atoms with Crippen LogP contribution in [0.1, 0.15) is 11.4 Å². The fraction of sp³-hybridized carbons (Fsp3) is 0.125. The molecule has 1 aromatic heterocycles. The van der Waals surface area contributed by atoms with E-state index in [4.69, 9.17) is 12.2 Å². The van der Waals surface area contributed by atoms with E-state index in [0.717, 1.165) is 22.5 Å². The zero-order valence-electron chi connectivity index (χ0n) is 11.7. The number of imidazole rings is 1. The number of hydrogen-bond donors (Lipinski definition) is 3. The third-order valence-electron chi connectivity index (χ3n) is 3.13. The van der Waals surface area contributed by atoms with Crippen molar-refractivity contribution in [3.05, 3.63) is 59.9 Å². The zero-order valence-corrected chi connectivity index (χ0v) is 12.5. The number of nitrogens with zero attached hydrogens (tertiary/aromatic N) is 1. The number of rotatable bonds is 3. The molecule has 0 saturated carbocycles. The first-order valence-electron chi connectivity index (χ1n) is 6.76. The molecule has 3 N–H and O–H groups in total. The van der Waals surface area contributed by atoms with Gasteiger partial charge in [-0.05, 0) is 49.0 Å². The molecule has 0 saturated heterocycles. The van der Waals surface area contributed by atoms with Crippen LogP contribution in [0.3, 0.4) is 0 Å². The molecule has 0 fully saturated rings. The molecule has 0 bridgehead atoms. The molecular formula is C16H16N4S. The van der Waals surface area contributed by atoms with E-state index in [0.29, 0.717) is 11.7 Å². The van der Waals surface area contributed by atoms with Crippen LogP contribution in [0.4, 0.5) is 5.69 Å². The van der Waals surface area contributed by atoms with Gasteiger partial charge in [0.1, 0.15) is 5.82 Å². The Morgan fingerprint density at radius 3 is 2.86 bits per heavy atom. The van der Waals surface area contributed by atoms with Crippen molar-refractivity contribution in [3.63, 3.8) is 0 Å². The minimum Gasteiger partial charge on any atom is -0.355 e. The Hall–Kier alpha value is -2.40. The van der Waals surface area contributed by atoms with Gasteiger partial charge in [-0.3, -0.25) is 0 Å². The lowest BCUT2D eigenvalue weighted by Crippen LogP contribution is -2.28. The molecule has 106 valence electrons. The highest BCUT2D eigenvalue weighted by Crippen LogP contribution is 2.11. The van der Waals surface area contributed by atoms with Crippen LogP contribution in [0.2, 0.25) is 0 Å². The minimum absolute atomic E-state index is 0.562. The van der Waals surface area contributed by atoms with Crippen molar-refractivity contribution >= 4 is 34.1 Å². The Morgan fingerprint density at radius 1 is 1.19 bits per heavy atom. The SMILES string of the molecule is Cc1cccc(NC(=S)NCc2nc3ccccc3[nH]2)c1. The van der Waals surface area contributed by atoms with E-state index < -0.39 is 0 Å². The van der Waals surface area contributed by atoms with Crippen molar-refractivity contribution < 1.29 is 0 Å². The maximum atomic E-state index is 5.30. The molecule has 21 heavy (non-hydrogen) atoms. The van der Waals surface area contributed by atoms with Gasteiger partial charge in [0.05, 0.1) is 17.6 Å². The number of benzene rings is 2. The molecule has 3 rings (SSSR count). The fourth-order valence-electron chi connectivity index (χ4n) is 2.15. The van der Waals surface area contributed by atoms with Crippen molar-refractivity contribution in [2.75, 3.05) is 5.32 Å². The van der Waals surface area contributed by atoms with Crippen molar-refractivity contribution in [2.24, 2.45) is 0 Å². The Morgan fingerprint density at radius 2 is 2.05 bits per heavy atom. The predicted molar refractivity (Wildman–Crippen MR) is 90.3 cm³/mol. The molecule has 0 atom stereocenters. The molecule has 0 aliphatic heterocycles. The summed E-state index contributed by atoms with van der Waals surface area (Å²) in [5.41, 5.74) is 4.18. The molecule has 0 aliphatic rings. The van der Waals surface area contributed by atoms with Crippen molar-refractivity contribution in [2.45, 2.75) is 13.5 Å². The summed E-state index contributed by atoms with van der Waals surface area (Å²) in [6.45, 7) is 2.61. The molecular weight excluding hydrogens is 280 g/mol. The lowest BCUT2D eigenvalue weighted by molar-refractivity contribution is 0.859. The molecule has 2 aromatic carbocycles. The molecule has 0 spiro atoms. The van der Waals surface area contributed by atoms with Crippen molar-refractivity contribution in [1.29, 1.82) is 0 Å².